The minimum absolute atomic E-state index is 0.0384. The summed E-state index contributed by atoms with van der Waals surface area (Å²) in [5.41, 5.74) is 1.68. The molecular weight excluding hydrogens is 451 g/mol. The van der Waals surface area contributed by atoms with E-state index in [1.165, 1.54) is 11.8 Å². The maximum absolute atomic E-state index is 12.0. The molecule has 0 spiro atoms. The summed E-state index contributed by atoms with van der Waals surface area (Å²) in [6.45, 7) is 0. The van der Waals surface area contributed by atoms with Gasteiger partial charge in [-0.3, -0.25) is 4.79 Å². The molecule has 0 fully saturated rings. The number of fused-ring (bicyclic) bond motifs is 1. The topological polar surface area (TPSA) is 42.0 Å². The lowest BCUT2D eigenvalue weighted by Crippen LogP contribution is -2.13. The first kappa shape index (κ1) is 16.0. The van der Waals surface area contributed by atoms with Crippen molar-refractivity contribution in [3.8, 4) is 0 Å². The standard InChI is InChI=1S/C15H10ClIN2OS2/c16-9-1-6-13-12(7-9)19-15(22-13)21-8-14(20)18-11-4-2-10(17)3-5-11/h1-7H,8H2,(H,18,20). The summed E-state index contributed by atoms with van der Waals surface area (Å²) < 4.78 is 3.08. The number of rotatable bonds is 4. The summed E-state index contributed by atoms with van der Waals surface area (Å²) in [5.74, 6) is 0.294. The molecule has 0 saturated heterocycles. The highest BCUT2D eigenvalue weighted by molar-refractivity contribution is 14.1. The number of benzene rings is 2. The Morgan fingerprint density at radius 3 is 2.82 bits per heavy atom. The third-order valence-electron chi connectivity index (χ3n) is 2.78. The lowest BCUT2D eigenvalue weighted by molar-refractivity contribution is -0.113. The second kappa shape index (κ2) is 7.16. The molecule has 1 N–H and O–H groups in total. The normalized spacial score (nSPS) is 10.8. The molecule has 0 radical (unpaired) electrons. The van der Waals surface area contributed by atoms with E-state index in [1.54, 1.807) is 11.3 Å². The fraction of sp³-hybridized carbons (Fsp3) is 0.0667. The summed E-state index contributed by atoms with van der Waals surface area (Å²) in [5, 5.41) is 3.55. The first-order valence-electron chi connectivity index (χ1n) is 6.34. The molecule has 0 aliphatic carbocycles. The Kier molecular flexibility index (Phi) is 5.22. The van der Waals surface area contributed by atoms with Crippen LogP contribution in [-0.4, -0.2) is 16.6 Å². The van der Waals surface area contributed by atoms with Crippen LogP contribution in [0.25, 0.3) is 10.2 Å². The zero-order valence-corrected chi connectivity index (χ0v) is 15.7. The molecule has 1 aromatic heterocycles. The van der Waals surface area contributed by atoms with E-state index < -0.39 is 0 Å². The first-order chi connectivity index (χ1) is 10.6. The molecule has 0 aliphatic heterocycles. The van der Waals surface area contributed by atoms with Crippen LogP contribution < -0.4 is 5.32 Å². The summed E-state index contributed by atoms with van der Waals surface area (Å²) in [4.78, 5) is 16.4. The minimum atomic E-state index is -0.0384. The zero-order valence-electron chi connectivity index (χ0n) is 11.2. The Morgan fingerprint density at radius 1 is 1.27 bits per heavy atom. The summed E-state index contributed by atoms with van der Waals surface area (Å²) in [7, 11) is 0. The molecule has 0 saturated carbocycles. The number of thioether (sulfide) groups is 1. The molecule has 112 valence electrons. The van der Waals surface area contributed by atoms with Crippen molar-refractivity contribution in [3.63, 3.8) is 0 Å². The highest BCUT2D eigenvalue weighted by atomic mass is 127. The lowest BCUT2D eigenvalue weighted by Gasteiger charge is -2.03. The number of carbonyl (C=O) groups is 1. The van der Waals surface area contributed by atoms with Crippen molar-refractivity contribution in [2.45, 2.75) is 4.34 Å². The number of carbonyl (C=O) groups excluding carboxylic acids is 1. The molecule has 1 amide bonds. The lowest BCUT2D eigenvalue weighted by atomic mass is 10.3. The number of hydrogen-bond acceptors (Lipinski definition) is 4. The Hall–Kier alpha value is -0.830. The van der Waals surface area contributed by atoms with Gasteiger partial charge >= 0.3 is 0 Å². The molecule has 7 heteroatoms. The monoisotopic (exact) mass is 460 g/mol. The predicted octanol–water partition coefficient (Wildman–Crippen LogP) is 5.29. The number of hydrogen-bond donors (Lipinski definition) is 1. The molecule has 22 heavy (non-hydrogen) atoms. The van der Waals surface area contributed by atoms with E-state index in [4.69, 9.17) is 11.6 Å². The summed E-state index contributed by atoms with van der Waals surface area (Å²) in [6, 6.07) is 13.3. The number of nitrogens with zero attached hydrogens (tertiary/aromatic N) is 1. The van der Waals surface area contributed by atoms with Crippen molar-refractivity contribution in [2.75, 3.05) is 11.1 Å². The van der Waals surface area contributed by atoms with Crippen LogP contribution in [-0.2, 0) is 4.79 Å². The molecule has 1 heterocycles. The van der Waals surface area contributed by atoms with Gasteiger partial charge in [0.15, 0.2) is 4.34 Å². The van der Waals surface area contributed by atoms with Gasteiger partial charge in [-0.2, -0.15) is 0 Å². The molecule has 0 atom stereocenters. The van der Waals surface area contributed by atoms with E-state index in [2.05, 4.69) is 32.9 Å². The van der Waals surface area contributed by atoms with Gasteiger partial charge < -0.3 is 5.32 Å². The van der Waals surface area contributed by atoms with Crippen LogP contribution in [0.1, 0.15) is 0 Å². The molecule has 3 aromatic rings. The summed E-state index contributed by atoms with van der Waals surface area (Å²) >= 11 is 11.2. The SMILES string of the molecule is O=C(CSc1nc2cc(Cl)ccc2s1)Nc1ccc(I)cc1. The van der Waals surface area contributed by atoms with Crippen molar-refractivity contribution in [2.24, 2.45) is 0 Å². The van der Waals surface area contributed by atoms with Gasteiger partial charge in [0.1, 0.15) is 0 Å². The third-order valence-corrected chi connectivity index (χ3v) is 5.92. The Bertz CT molecular complexity index is 820. The molecule has 2 aromatic carbocycles. The van der Waals surface area contributed by atoms with E-state index in [0.29, 0.717) is 10.8 Å². The van der Waals surface area contributed by atoms with Gasteiger partial charge in [0.05, 0.1) is 16.0 Å². The van der Waals surface area contributed by atoms with Gasteiger partial charge in [0.25, 0.3) is 0 Å². The highest BCUT2D eigenvalue weighted by Gasteiger charge is 2.08. The van der Waals surface area contributed by atoms with Crippen molar-refractivity contribution >= 4 is 79.1 Å². The number of halogens is 2. The van der Waals surface area contributed by atoms with Gasteiger partial charge in [-0.05, 0) is 65.1 Å². The summed E-state index contributed by atoms with van der Waals surface area (Å²) in [6.07, 6.45) is 0. The van der Waals surface area contributed by atoms with Gasteiger partial charge in [0, 0.05) is 14.3 Å². The molecule has 3 nitrogen and oxygen atoms in total. The van der Waals surface area contributed by atoms with Gasteiger partial charge in [-0.15, -0.1) is 11.3 Å². The second-order valence-electron chi connectivity index (χ2n) is 4.44. The average molecular weight is 461 g/mol. The van der Waals surface area contributed by atoms with E-state index in [-0.39, 0.29) is 5.91 Å². The van der Waals surface area contributed by atoms with Crippen LogP contribution in [0.15, 0.2) is 46.8 Å². The first-order valence-corrected chi connectivity index (χ1v) is 9.60. The minimum Gasteiger partial charge on any atom is -0.325 e. The number of thiazole rings is 1. The van der Waals surface area contributed by atoms with E-state index >= 15 is 0 Å². The fourth-order valence-corrected chi connectivity index (χ4v) is 4.17. The van der Waals surface area contributed by atoms with Crippen molar-refractivity contribution in [3.05, 3.63) is 51.1 Å². The van der Waals surface area contributed by atoms with Crippen LogP contribution in [0, 0.1) is 3.57 Å². The zero-order chi connectivity index (χ0) is 15.5. The van der Waals surface area contributed by atoms with Crippen molar-refractivity contribution in [1.29, 1.82) is 0 Å². The predicted molar refractivity (Wildman–Crippen MR) is 103 cm³/mol. The number of nitrogens with one attached hydrogen (secondary N) is 1. The average Bonchev–Trinajstić information content (AvgIpc) is 2.89. The second-order valence-corrected chi connectivity index (χ2v) is 8.37. The van der Waals surface area contributed by atoms with Crippen molar-refractivity contribution in [1.82, 2.24) is 4.98 Å². The Balaban J connectivity index is 1.61. The van der Waals surface area contributed by atoms with Gasteiger partial charge in [-0.1, -0.05) is 23.4 Å². The molecular formula is C15H10ClIN2OS2. The fourth-order valence-electron chi connectivity index (χ4n) is 1.80. The van der Waals surface area contributed by atoms with E-state index in [1.807, 2.05) is 42.5 Å². The van der Waals surface area contributed by atoms with Gasteiger partial charge in [0.2, 0.25) is 5.91 Å². The number of anilines is 1. The van der Waals surface area contributed by atoms with Crippen LogP contribution in [0.2, 0.25) is 5.02 Å². The molecule has 3 rings (SSSR count). The largest absolute Gasteiger partial charge is 0.325 e. The third kappa shape index (κ3) is 4.13. The van der Waals surface area contributed by atoms with Crippen LogP contribution in [0.4, 0.5) is 5.69 Å². The maximum atomic E-state index is 12.0. The van der Waals surface area contributed by atoms with Gasteiger partial charge in [-0.25, -0.2) is 4.98 Å². The van der Waals surface area contributed by atoms with Crippen molar-refractivity contribution < 1.29 is 4.79 Å². The quantitative estimate of drug-likeness (QED) is 0.425. The molecule has 0 unspecified atom stereocenters. The van der Waals surface area contributed by atoms with E-state index in [9.17, 15) is 4.79 Å². The molecule has 0 bridgehead atoms. The van der Waals surface area contributed by atoms with Crippen LogP contribution in [0.5, 0.6) is 0 Å². The highest BCUT2D eigenvalue weighted by Crippen LogP contribution is 2.31. The Morgan fingerprint density at radius 2 is 2.05 bits per heavy atom. The van der Waals surface area contributed by atoms with Crippen LogP contribution in [0.3, 0.4) is 0 Å². The number of aromatic nitrogens is 1. The Labute approximate surface area is 154 Å². The van der Waals surface area contributed by atoms with E-state index in [0.717, 1.165) is 23.8 Å². The maximum Gasteiger partial charge on any atom is 0.234 e. The number of amides is 1. The van der Waals surface area contributed by atoms with Crippen LogP contribution >= 0.6 is 57.3 Å². The molecule has 0 aliphatic rings. The smallest absolute Gasteiger partial charge is 0.234 e.